The molecule has 1 aromatic heterocycles. The maximum absolute atomic E-state index is 11.1. The van der Waals surface area contributed by atoms with E-state index in [4.69, 9.17) is 5.11 Å². The van der Waals surface area contributed by atoms with Crippen molar-refractivity contribution in [3.63, 3.8) is 0 Å². The van der Waals surface area contributed by atoms with Crippen molar-refractivity contribution in [1.29, 1.82) is 0 Å². The van der Waals surface area contributed by atoms with Gasteiger partial charge < -0.3 is 14.8 Å². The monoisotopic (exact) mass is 226 g/mol. The van der Waals surface area contributed by atoms with Gasteiger partial charge in [-0.05, 0) is 12.8 Å². The van der Waals surface area contributed by atoms with Crippen molar-refractivity contribution < 1.29 is 15.0 Å². The maximum atomic E-state index is 11.1. The molecule has 0 saturated carbocycles. The van der Waals surface area contributed by atoms with E-state index < -0.39 is 18.0 Å². The van der Waals surface area contributed by atoms with Gasteiger partial charge in [0, 0.05) is 6.54 Å². The summed E-state index contributed by atoms with van der Waals surface area (Å²) in [7, 11) is 0. The molecule has 2 unspecified atom stereocenters. The summed E-state index contributed by atoms with van der Waals surface area (Å²) in [5.74, 6) is -1.92. The summed E-state index contributed by atoms with van der Waals surface area (Å²) in [5, 5.41) is 19.2. The first-order valence-electron chi connectivity index (χ1n) is 5.39. The normalized spacial score (nSPS) is 15.1. The largest absolute Gasteiger partial charge is 0.481 e. The maximum Gasteiger partial charge on any atom is 0.309 e. The lowest BCUT2D eigenvalue weighted by Crippen LogP contribution is -2.28. The van der Waals surface area contributed by atoms with Crippen molar-refractivity contribution in [1.82, 2.24) is 9.55 Å². The first-order valence-corrected chi connectivity index (χ1v) is 5.39. The molecule has 0 radical (unpaired) electrons. The van der Waals surface area contributed by atoms with Crippen LogP contribution in [0.4, 0.5) is 0 Å². The van der Waals surface area contributed by atoms with Crippen LogP contribution in [0.5, 0.6) is 0 Å². The number of aliphatic hydroxyl groups excluding tert-OH is 1. The summed E-state index contributed by atoms with van der Waals surface area (Å²) in [4.78, 5) is 15.0. The topological polar surface area (TPSA) is 75.3 Å². The molecule has 0 saturated heterocycles. The van der Waals surface area contributed by atoms with E-state index in [0.29, 0.717) is 12.2 Å². The van der Waals surface area contributed by atoms with Gasteiger partial charge in [-0.1, -0.05) is 13.8 Å². The molecule has 0 amide bonds. The van der Waals surface area contributed by atoms with Crippen LogP contribution in [0.3, 0.4) is 0 Å². The molecule has 0 fully saturated rings. The molecule has 0 aliphatic carbocycles. The second kappa shape index (κ2) is 5.12. The summed E-state index contributed by atoms with van der Waals surface area (Å²) >= 11 is 0. The van der Waals surface area contributed by atoms with Crippen molar-refractivity contribution in [3.8, 4) is 0 Å². The number of rotatable bonds is 5. The zero-order valence-corrected chi connectivity index (χ0v) is 9.79. The van der Waals surface area contributed by atoms with Crippen molar-refractivity contribution in [2.75, 3.05) is 0 Å². The zero-order valence-electron chi connectivity index (χ0n) is 9.79. The number of aryl methyl sites for hydroxylation is 1. The third-order valence-corrected chi connectivity index (χ3v) is 2.73. The molecule has 16 heavy (non-hydrogen) atoms. The van der Waals surface area contributed by atoms with Crippen LogP contribution in [-0.2, 0) is 11.3 Å². The standard InChI is InChI=1S/C11H18N2O3/c1-4-13-6-12-5-8(13)10(14)9(7(2)3)11(15)16/h5-7,9-10,14H,4H2,1-3H3,(H,15,16). The van der Waals surface area contributed by atoms with Gasteiger partial charge in [0.1, 0.15) is 6.10 Å². The van der Waals surface area contributed by atoms with Gasteiger partial charge in [0.2, 0.25) is 0 Å². The van der Waals surface area contributed by atoms with Gasteiger partial charge >= 0.3 is 5.97 Å². The fourth-order valence-electron chi connectivity index (χ4n) is 1.81. The van der Waals surface area contributed by atoms with Gasteiger partial charge in [-0.15, -0.1) is 0 Å². The second-order valence-corrected chi connectivity index (χ2v) is 4.16. The highest BCUT2D eigenvalue weighted by Crippen LogP contribution is 2.28. The number of hydrogen-bond acceptors (Lipinski definition) is 3. The predicted octanol–water partition coefficient (Wildman–Crippen LogP) is 1.29. The van der Waals surface area contributed by atoms with Crippen molar-refractivity contribution in [3.05, 3.63) is 18.2 Å². The summed E-state index contributed by atoms with van der Waals surface area (Å²) in [6.45, 7) is 6.16. The SMILES string of the molecule is CCn1cncc1C(O)C(C(=O)O)C(C)C. The van der Waals surface area contributed by atoms with Gasteiger partial charge in [0.15, 0.2) is 0 Å². The van der Waals surface area contributed by atoms with E-state index in [1.54, 1.807) is 24.7 Å². The summed E-state index contributed by atoms with van der Waals surface area (Å²) in [6, 6.07) is 0. The minimum absolute atomic E-state index is 0.132. The highest BCUT2D eigenvalue weighted by Gasteiger charge is 2.32. The smallest absolute Gasteiger partial charge is 0.309 e. The Bertz CT molecular complexity index is 360. The number of carboxylic acid groups (broad SMARTS) is 1. The van der Waals surface area contributed by atoms with Crippen LogP contribution in [0, 0.1) is 11.8 Å². The molecule has 90 valence electrons. The Kier molecular flexibility index (Phi) is 4.06. The first-order chi connectivity index (χ1) is 7.49. The van der Waals surface area contributed by atoms with E-state index in [1.165, 1.54) is 6.20 Å². The Labute approximate surface area is 94.7 Å². The van der Waals surface area contributed by atoms with Gasteiger partial charge in [-0.2, -0.15) is 0 Å². The molecule has 1 heterocycles. The Morgan fingerprint density at radius 1 is 1.56 bits per heavy atom. The molecule has 0 bridgehead atoms. The van der Waals surface area contributed by atoms with E-state index in [9.17, 15) is 9.90 Å². The molecule has 0 aromatic carbocycles. The highest BCUT2D eigenvalue weighted by atomic mass is 16.4. The van der Waals surface area contributed by atoms with Crippen LogP contribution in [0.1, 0.15) is 32.6 Å². The number of hydrogen-bond donors (Lipinski definition) is 2. The third kappa shape index (κ3) is 2.41. The Balaban J connectivity index is 2.99. The number of carbonyl (C=O) groups is 1. The number of imidazole rings is 1. The second-order valence-electron chi connectivity index (χ2n) is 4.16. The Morgan fingerprint density at radius 2 is 2.19 bits per heavy atom. The van der Waals surface area contributed by atoms with E-state index in [1.807, 2.05) is 6.92 Å². The number of aromatic nitrogens is 2. The average molecular weight is 226 g/mol. The number of nitrogens with zero attached hydrogens (tertiary/aromatic N) is 2. The molecule has 5 nitrogen and oxygen atoms in total. The first kappa shape index (κ1) is 12.7. The molecule has 0 aliphatic heterocycles. The van der Waals surface area contributed by atoms with Crippen LogP contribution in [0.2, 0.25) is 0 Å². The molecule has 2 N–H and O–H groups in total. The summed E-state index contributed by atoms with van der Waals surface area (Å²) in [5.41, 5.74) is 0.559. The zero-order chi connectivity index (χ0) is 12.3. The number of carboxylic acids is 1. The van der Waals surface area contributed by atoms with Crippen LogP contribution < -0.4 is 0 Å². The molecule has 2 atom stereocenters. The van der Waals surface area contributed by atoms with E-state index >= 15 is 0 Å². The lowest BCUT2D eigenvalue weighted by atomic mass is 9.89. The summed E-state index contributed by atoms with van der Waals surface area (Å²) in [6.07, 6.45) is 2.10. The minimum Gasteiger partial charge on any atom is -0.481 e. The van der Waals surface area contributed by atoms with Gasteiger partial charge in [0.05, 0.1) is 24.1 Å². The van der Waals surface area contributed by atoms with Crippen LogP contribution >= 0.6 is 0 Å². The lowest BCUT2D eigenvalue weighted by molar-refractivity contribution is -0.148. The van der Waals surface area contributed by atoms with E-state index in [2.05, 4.69) is 4.98 Å². The van der Waals surface area contributed by atoms with Crippen molar-refractivity contribution in [2.24, 2.45) is 11.8 Å². The Morgan fingerprint density at radius 3 is 2.62 bits per heavy atom. The number of aliphatic carboxylic acids is 1. The van der Waals surface area contributed by atoms with Crippen LogP contribution in [0.15, 0.2) is 12.5 Å². The van der Waals surface area contributed by atoms with Crippen molar-refractivity contribution in [2.45, 2.75) is 33.4 Å². The lowest BCUT2D eigenvalue weighted by Gasteiger charge is -2.23. The van der Waals surface area contributed by atoms with E-state index in [-0.39, 0.29) is 5.92 Å². The fraction of sp³-hybridized carbons (Fsp3) is 0.636. The molecule has 1 rings (SSSR count). The molecule has 1 aromatic rings. The van der Waals surface area contributed by atoms with Gasteiger partial charge in [-0.25, -0.2) is 4.98 Å². The minimum atomic E-state index is -1.01. The molecular weight excluding hydrogens is 208 g/mol. The molecule has 5 heteroatoms. The van der Waals surface area contributed by atoms with E-state index in [0.717, 1.165) is 0 Å². The molecular formula is C11H18N2O3. The van der Waals surface area contributed by atoms with Crippen LogP contribution in [0.25, 0.3) is 0 Å². The molecule has 0 spiro atoms. The predicted molar refractivity (Wildman–Crippen MR) is 58.8 cm³/mol. The van der Waals surface area contributed by atoms with Crippen LogP contribution in [-0.4, -0.2) is 25.7 Å². The van der Waals surface area contributed by atoms with Crippen molar-refractivity contribution >= 4 is 5.97 Å². The summed E-state index contributed by atoms with van der Waals surface area (Å²) < 4.78 is 1.75. The quantitative estimate of drug-likeness (QED) is 0.793. The van der Waals surface area contributed by atoms with Gasteiger partial charge in [0.25, 0.3) is 0 Å². The average Bonchev–Trinajstić information content (AvgIpc) is 2.63. The Hall–Kier alpha value is -1.36. The fourth-order valence-corrected chi connectivity index (χ4v) is 1.81. The molecule has 0 aliphatic rings. The highest BCUT2D eigenvalue weighted by molar-refractivity contribution is 5.71. The van der Waals surface area contributed by atoms with Gasteiger partial charge in [-0.3, -0.25) is 4.79 Å². The third-order valence-electron chi connectivity index (χ3n) is 2.73. The number of aliphatic hydroxyl groups is 1.